The summed E-state index contributed by atoms with van der Waals surface area (Å²) in [7, 11) is 0. The standard InChI is InChI=1S/C21H23N3O3/c1-4-23(5-2)21(26)19-17-9-7-8-10-18(17)20(25)24(22-19)15-11-13-16(14-12-15)27-6-3/h7-14H,4-6H2,1-3H3. The van der Waals surface area contributed by atoms with Gasteiger partial charge in [0.1, 0.15) is 5.75 Å². The summed E-state index contributed by atoms with van der Waals surface area (Å²) in [6.45, 7) is 7.48. The fraction of sp³-hybridized carbons (Fsp3) is 0.286. The van der Waals surface area contributed by atoms with E-state index in [9.17, 15) is 9.59 Å². The van der Waals surface area contributed by atoms with Gasteiger partial charge in [0.25, 0.3) is 11.5 Å². The van der Waals surface area contributed by atoms with Crippen LogP contribution in [0.2, 0.25) is 0 Å². The van der Waals surface area contributed by atoms with E-state index in [1.807, 2.05) is 26.8 Å². The minimum atomic E-state index is -0.258. The van der Waals surface area contributed by atoms with Crippen LogP contribution in [0.3, 0.4) is 0 Å². The topological polar surface area (TPSA) is 64.4 Å². The van der Waals surface area contributed by atoms with Crippen molar-refractivity contribution in [3.05, 3.63) is 64.6 Å². The molecule has 0 bridgehead atoms. The van der Waals surface area contributed by atoms with Crippen LogP contribution in [-0.2, 0) is 0 Å². The molecule has 0 aliphatic heterocycles. The predicted molar refractivity (Wildman–Crippen MR) is 106 cm³/mol. The summed E-state index contributed by atoms with van der Waals surface area (Å²) >= 11 is 0. The van der Waals surface area contributed by atoms with Gasteiger partial charge in [0.2, 0.25) is 0 Å². The number of hydrogen-bond acceptors (Lipinski definition) is 4. The highest BCUT2D eigenvalue weighted by molar-refractivity contribution is 6.04. The molecule has 140 valence electrons. The molecule has 2 aromatic carbocycles. The summed E-state index contributed by atoms with van der Waals surface area (Å²) in [5.41, 5.74) is 0.608. The Morgan fingerprint density at radius 2 is 1.63 bits per heavy atom. The zero-order chi connectivity index (χ0) is 19.4. The van der Waals surface area contributed by atoms with Gasteiger partial charge in [-0.3, -0.25) is 9.59 Å². The lowest BCUT2D eigenvalue weighted by atomic mass is 10.1. The van der Waals surface area contributed by atoms with Crippen molar-refractivity contribution in [2.45, 2.75) is 20.8 Å². The quantitative estimate of drug-likeness (QED) is 0.672. The predicted octanol–water partition coefficient (Wildman–Crippen LogP) is 3.27. The third-order valence-electron chi connectivity index (χ3n) is 4.45. The summed E-state index contributed by atoms with van der Waals surface area (Å²) < 4.78 is 6.74. The summed E-state index contributed by atoms with van der Waals surface area (Å²) in [5.74, 6) is 0.533. The Morgan fingerprint density at radius 3 is 2.22 bits per heavy atom. The number of aromatic nitrogens is 2. The van der Waals surface area contributed by atoms with Crippen LogP contribution in [0.5, 0.6) is 5.75 Å². The maximum atomic E-state index is 13.0. The fourth-order valence-corrected chi connectivity index (χ4v) is 3.03. The van der Waals surface area contributed by atoms with E-state index in [0.717, 1.165) is 5.75 Å². The van der Waals surface area contributed by atoms with Crippen LogP contribution < -0.4 is 10.3 Å². The van der Waals surface area contributed by atoms with Crippen molar-refractivity contribution >= 4 is 16.7 Å². The Bertz CT molecular complexity index is 1010. The van der Waals surface area contributed by atoms with E-state index < -0.39 is 0 Å². The molecule has 3 aromatic rings. The molecular formula is C21H23N3O3. The monoisotopic (exact) mass is 365 g/mol. The molecule has 0 unspecified atom stereocenters. The average molecular weight is 365 g/mol. The third kappa shape index (κ3) is 3.56. The lowest BCUT2D eigenvalue weighted by Crippen LogP contribution is -2.34. The molecule has 0 atom stereocenters. The van der Waals surface area contributed by atoms with Gasteiger partial charge in [0.05, 0.1) is 17.7 Å². The van der Waals surface area contributed by atoms with Crippen LogP contribution in [0.25, 0.3) is 16.5 Å². The van der Waals surface area contributed by atoms with Crippen molar-refractivity contribution in [1.82, 2.24) is 14.7 Å². The minimum Gasteiger partial charge on any atom is -0.494 e. The molecule has 1 aromatic heterocycles. The first-order valence-electron chi connectivity index (χ1n) is 9.15. The van der Waals surface area contributed by atoms with Gasteiger partial charge >= 0.3 is 0 Å². The average Bonchev–Trinajstić information content (AvgIpc) is 2.70. The number of ether oxygens (including phenoxy) is 1. The molecule has 1 heterocycles. The number of carbonyl (C=O) groups is 1. The van der Waals surface area contributed by atoms with Gasteiger partial charge in [-0.1, -0.05) is 18.2 Å². The van der Waals surface area contributed by atoms with Crippen LogP contribution >= 0.6 is 0 Å². The molecule has 6 nitrogen and oxygen atoms in total. The summed E-state index contributed by atoms with van der Waals surface area (Å²) in [5, 5.41) is 5.48. The van der Waals surface area contributed by atoms with Crippen molar-refractivity contribution in [2.24, 2.45) is 0 Å². The van der Waals surface area contributed by atoms with Crippen LogP contribution in [0.15, 0.2) is 53.3 Å². The molecule has 6 heteroatoms. The van der Waals surface area contributed by atoms with Crippen molar-refractivity contribution in [1.29, 1.82) is 0 Å². The molecule has 0 spiro atoms. The summed E-state index contributed by atoms with van der Waals surface area (Å²) in [6.07, 6.45) is 0. The van der Waals surface area contributed by atoms with Gasteiger partial charge in [0.15, 0.2) is 5.69 Å². The largest absolute Gasteiger partial charge is 0.494 e. The Morgan fingerprint density at radius 1 is 1.00 bits per heavy atom. The summed E-state index contributed by atoms with van der Waals surface area (Å²) in [4.78, 5) is 27.6. The highest BCUT2D eigenvalue weighted by Crippen LogP contribution is 2.18. The van der Waals surface area contributed by atoms with Gasteiger partial charge in [0, 0.05) is 18.5 Å². The van der Waals surface area contributed by atoms with Gasteiger partial charge in [-0.15, -0.1) is 0 Å². The normalized spacial score (nSPS) is 10.8. The van der Waals surface area contributed by atoms with Crippen molar-refractivity contribution in [3.63, 3.8) is 0 Å². The second-order valence-electron chi connectivity index (χ2n) is 6.02. The summed E-state index contributed by atoms with van der Waals surface area (Å²) in [6, 6.07) is 14.2. The number of carbonyl (C=O) groups excluding carboxylic acids is 1. The molecule has 1 amide bonds. The van der Waals surface area contributed by atoms with Crippen LogP contribution in [0.1, 0.15) is 31.3 Å². The van der Waals surface area contributed by atoms with E-state index in [2.05, 4.69) is 5.10 Å². The first-order chi connectivity index (χ1) is 13.1. The third-order valence-corrected chi connectivity index (χ3v) is 4.45. The molecule has 0 N–H and O–H groups in total. The fourth-order valence-electron chi connectivity index (χ4n) is 3.03. The highest BCUT2D eigenvalue weighted by Gasteiger charge is 2.20. The lowest BCUT2D eigenvalue weighted by molar-refractivity contribution is 0.0767. The molecule has 0 saturated carbocycles. The Hall–Kier alpha value is -3.15. The van der Waals surface area contributed by atoms with Crippen molar-refractivity contribution in [3.8, 4) is 11.4 Å². The van der Waals surface area contributed by atoms with E-state index in [-0.39, 0.29) is 17.2 Å². The Labute approximate surface area is 158 Å². The molecule has 0 aliphatic carbocycles. The molecular weight excluding hydrogens is 342 g/mol. The number of hydrogen-bond donors (Lipinski definition) is 0. The smallest absolute Gasteiger partial charge is 0.279 e. The number of nitrogens with zero attached hydrogens (tertiary/aromatic N) is 3. The van der Waals surface area contributed by atoms with E-state index in [0.29, 0.717) is 36.2 Å². The van der Waals surface area contributed by atoms with Gasteiger partial charge < -0.3 is 9.64 Å². The lowest BCUT2D eigenvalue weighted by Gasteiger charge is -2.19. The van der Waals surface area contributed by atoms with Gasteiger partial charge in [-0.2, -0.15) is 9.78 Å². The molecule has 27 heavy (non-hydrogen) atoms. The van der Waals surface area contributed by atoms with Gasteiger partial charge in [-0.25, -0.2) is 0 Å². The van der Waals surface area contributed by atoms with Gasteiger partial charge in [-0.05, 0) is 51.1 Å². The second-order valence-corrected chi connectivity index (χ2v) is 6.02. The first-order valence-corrected chi connectivity index (χ1v) is 9.15. The number of rotatable bonds is 6. The zero-order valence-corrected chi connectivity index (χ0v) is 15.8. The Balaban J connectivity index is 2.20. The number of fused-ring (bicyclic) bond motifs is 1. The van der Waals surface area contributed by atoms with Crippen LogP contribution in [0.4, 0.5) is 0 Å². The number of amides is 1. The van der Waals surface area contributed by atoms with Crippen molar-refractivity contribution < 1.29 is 9.53 Å². The van der Waals surface area contributed by atoms with Crippen molar-refractivity contribution in [2.75, 3.05) is 19.7 Å². The second kappa shape index (κ2) is 8.03. The first kappa shape index (κ1) is 18.6. The number of benzene rings is 2. The maximum absolute atomic E-state index is 13.0. The SMILES string of the molecule is CCOc1ccc(-n2nc(C(=O)N(CC)CC)c3ccccc3c2=O)cc1. The highest BCUT2D eigenvalue weighted by atomic mass is 16.5. The van der Waals surface area contributed by atoms with E-state index in [4.69, 9.17) is 4.74 Å². The molecule has 0 aliphatic rings. The van der Waals surface area contributed by atoms with E-state index in [1.165, 1.54) is 4.68 Å². The molecule has 3 rings (SSSR count). The minimum absolute atomic E-state index is 0.184. The maximum Gasteiger partial charge on any atom is 0.279 e. The van der Waals surface area contributed by atoms with Crippen LogP contribution in [0, 0.1) is 0 Å². The van der Waals surface area contributed by atoms with E-state index in [1.54, 1.807) is 47.4 Å². The Kier molecular flexibility index (Phi) is 5.54. The van der Waals surface area contributed by atoms with E-state index >= 15 is 0 Å². The molecule has 0 radical (unpaired) electrons. The molecule has 0 saturated heterocycles. The zero-order valence-electron chi connectivity index (χ0n) is 15.8. The van der Waals surface area contributed by atoms with Crippen LogP contribution in [-0.4, -0.2) is 40.3 Å². The molecule has 0 fully saturated rings.